The lowest BCUT2D eigenvalue weighted by Gasteiger charge is -2.02. The number of aryl methyl sites for hydroxylation is 2. The van der Waals surface area contributed by atoms with Crippen molar-refractivity contribution in [2.75, 3.05) is 14.2 Å². The first-order valence-corrected chi connectivity index (χ1v) is 8.18. The second-order valence-corrected chi connectivity index (χ2v) is 5.86. The van der Waals surface area contributed by atoms with E-state index in [0.29, 0.717) is 5.56 Å². The summed E-state index contributed by atoms with van der Waals surface area (Å²) in [7, 11) is 2.19. The SMILES string of the molecule is COC(=O)c1[nH]c(=O)c(C)cc1[N+](=O)[O-].COC(=O)c1nc(Cl)c(C)cc1[N+](=O)[O-]. The monoisotopic (exact) mass is 442 g/mol. The summed E-state index contributed by atoms with van der Waals surface area (Å²) in [5, 5.41) is 21.2. The van der Waals surface area contributed by atoms with Gasteiger partial charge in [0.1, 0.15) is 5.15 Å². The van der Waals surface area contributed by atoms with Gasteiger partial charge >= 0.3 is 23.3 Å². The molecule has 0 aliphatic heterocycles. The standard InChI is InChI=1S/C8H7ClN2O4.C8H8N2O5/c1-4-3-5(11(13)14)6(8(12)15-2)10-7(4)9;1-4-3-5(10(13)14)6(8(12)15-2)9-7(4)11/h3H,1-2H3;3H,1-2H3,(H,9,11). The van der Waals surface area contributed by atoms with Crippen LogP contribution in [0.4, 0.5) is 11.4 Å². The van der Waals surface area contributed by atoms with Crippen molar-refractivity contribution in [2.45, 2.75) is 13.8 Å². The number of pyridine rings is 2. The highest BCUT2D eigenvalue weighted by Gasteiger charge is 2.24. The minimum Gasteiger partial charge on any atom is -0.464 e. The number of hydrogen-bond acceptors (Lipinski definition) is 10. The van der Waals surface area contributed by atoms with Crippen molar-refractivity contribution in [3.8, 4) is 0 Å². The van der Waals surface area contributed by atoms with Crippen LogP contribution in [0.15, 0.2) is 16.9 Å². The second-order valence-electron chi connectivity index (χ2n) is 5.50. The van der Waals surface area contributed by atoms with Crippen molar-refractivity contribution < 1.29 is 28.9 Å². The average molecular weight is 443 g/mol. The molecule has 13 nitrogen and oxygen atoms in total. The highest BCUT2D eigenvalue weighted by Crippen LogP contribution is 2.23. The van der Waals surface area contributed by atoms with Gasteiger partial charge in [0.2, 0.25) is 11.4 Å². The maximum atomic E-state index is 11.2. The molecule has 0 radical (unpaired) electrons. The molecule has 30 heavy (non-hydrogen) atoms. The average Bonchev–Trinajstić information content (AvgIpc) is 2.70. The number of aromatic nitrogens is 2. The van der Waals surface area contributed by atoms with Crippen molar-refractivity contribution in [1.82, 2.24) is 9.97 Å². The van der Waals surface area contributed by atoms with Crippen LogP contribution in [0, 0.1) is 34.1 Å². The molecule has 0 saturated heterocycles. The third kappa shape index (κ3) is 5.57. The molecule has 0 unspecified atom stereocenters. The Balaban J connectivity index is 0.000000300. The van der Waals surface area contributed by atoms with Gasteiger partial charge in [0.05, 0.1) is 24.1 Å². The van der Waals surface area contributed by atoms with E-state index in [2.05, 4.69) is 19.4 Å². The predicted octanol–water partition coefficient (Wildman–Crippen LogP) is 2.12. The Morgan fingerprint density at radius 1 is 1.00 bits per heavy atom. The summed E-state index contributed by atoms with van der Waals surface area (Å²) >= 11 is 5.65. The number of aromatic amines is 1. The third-order valence-electron chi connectivity index (χ3n) is 3.50. The molecule has 0 aromatic carbocycles. The van der Waals surface area contributed by atoms with Gasteiger partial charge in [-0.15, -0.1) is 0 Å². The van der Waals surface area contributed by atoms with Crippen molar-refractivity contribution in [2.24, 2.45) is 0 Å². The van der Waals surface area contributed by atoms with Crippen LogP contribution in [-0.4, -0.2) is 46.0 Å². The summed E-state index contributed by atoms with van der Waals surface area (Å²) in [6, 6.07) is 2.21. The van der Waals surface area contributed by atoms with Gasteiger partial charge < -0.3 is 14.5 Å². The maximum absolute atomic E-state index is 11.2. The Labute approximate surface area is 172 Å². The molecule has 14 heteroatoms. The van der Waals surface area contributed by atoms with Gasteiger partial charge in [-0.3, -0.25) is 25.0 Å². The number of nitro groups is 2. The molecule has 0 amide bonds. The van der Waals surface area contributed by atoms with Crippen LogP contribution < -0.4 is 5.56 Å². The highest BCUT2D eigenvalue weighted by atomic mass is 35.5. The fourth-order valence-electron chi connectivity index (χ4n) is 1.98. The number of nitrogens with zero attached hydrogens (tertiary/aromatic N) is 3. The van der Waals surface area contributed by atoms with E-state index in [0.717, 1.165) is 20.3 Å². The largest absolute Gasteiger partial charge is 0.464 e. The van der Waals surface area contributed by atoms with Crippen LogP contribution in [0.2, 0.25) is 5.15 Å². The first-order valence-electron chi connectivity index (χ1n) is 7.81. The Bertz CT molecular complexity index is 1080. The molecule has 1 N–H and O–H groups in total. The third-order valence-corrected chi connectivity index (χ3v) is 3.88. The van der Waals surface area contributed by atoms with Gasteiger partial charge in [-0.25, -0.2) is 14.6 Å². The number of carbonyl (C=O) groups excluding carboxylic acids is 2. The first-order chi connectivity index (χ1) is 13.9. The summed E-state index contributed by atoms with van der Waals surface area (Å²) in [5.74, 6) is -1.83. The van der Waals surface area contributed by atoms with E-state index >= 15 is 0 Å². The molecule has 0 bridgehead atoms. The van der Waals surface area contributed by atoms with Gasteiger partial charge in [-0.2, -0.15) is 0 Å². The van der Waals surface area contributed by atoms with Gasteiger partial charge in [-0.1, -0.05) is 11.6 Å². The van der Waals surface area contributed by atoms with E-state index in [1.54, 1.807) is 6.92 Å². The molecule has 0 aliphatic carbocycles. The number of halogens is 1. The quantitative estimate of drug-likeness (QED) is 0.318. The van der Waals surface area contributed by atoms with Gasteiger partial charge in [0.15, 0.2) is 0 Å². The van der Waals surface area contributed by atoms with E-state index in [-0.39, 0.29) is 10.7 Å². The Kier molecular flexibility index (Phi) is 8.11. The topological polar surface area (TPSA) is 185 Å². The molecule has 0 saturated carbocycles. The summed E-state index contributed by atoms with van der Waals surface area (Å²) in [6.07, 6.45) is 0. The smallest absolute Gasteiger partial charge is 0.363 e. The second kappa shape index (κ2) is 10.1. The zero-order valence-corrected chi connectivity index (χ0v) is 16.8. The lowest BCUT2D eigenvalue weighted by Crippen LogP contribution is -2.18. The van der Waals surface area contributed by atoms with Crippen LogP contribution in [0.5, 0.6) is 0 Å². The molecule has 0 aliphatic rings. The van der Waals surface area contributed by atoms with Crippen LogP contribution in [0.1, 0.15) is 32.1 Å². The van der Waals surface area contributed by atoms with Crippen molar-refractivity contribution in [1.29, 1.82) is 0 Å². The minimum absolute atomic E-state index is 0.0426. The number of hydrogen-bond donors (Lipinski definition) is 1. The normalized spacial score (nSPS) is 9.77. The Hall–Kier alpha value is -3.87. The van der Waals surface area contributed by atoms with E-state index in [1.165, 1.54) is 13.0 Å². The summed E-state index contributed by atoms with van der Waals surface area (Å²) in [6.45, 7) is 2.97. The fourth-order valence-corrected chi connectivity index (χ4v) is 2.12. The molecule has 0 atom stereocenters. The van der Waals surface area contributed by atoms with Gasteiger partial charge in [0, 0.05) is 17.7 Å². The fraction of sp³-hybridized carbons (Fsp3) is 0.250. The summed E-state index contributed by atoms with van der Waals surface area (Å²) < 4.78 is 8.67. The van der Waals surface area contributed by atoms with E-state index in [4.69, 9.17) is 11.6 Å². The first kappa shape index (κ1) is 24.2. The number of ether oxygens (including phenoxy) is 2. The maximum Gasteiger partial charge on any atom is 0.363 e. The molecule has 2 rings (SSSR count). The number of nitrogens with one attached hydrogen (secondary N) is 1. The summed E-state index contributed by atoms with van der Waals surface area (Å²) in [5.41, 5.74) is -1.69. The molecular formula is C16H15ClN4O9. The van der Waals surface area contributed by atoms with Crippen LogP contribution in [-0.2, 0) is 9.47 Å². The van der Waals surface area contributed by atoms with E-state index in [1.807, 2.05) is 0 Å². The zero-order chi connectivity index (χ0) is 23.2. The predicted molar refractivity (Wildman–Crippen MR) is 102 cm³/mol. The van der Waals surface area contributed by atoms with E-state index < -0.39 is 50.1 Å². The number of esters is 2. The number of methoxy groups -OCH3 is 2. The molecule has 2 aromatic heterocycles. The molecule has 2 heterocycles. The molecule has 160 valence electrons. The zero-order valence-electron chi connectivity index (χ0n) is 16.0. The van der Waals surface area contributed by atoms with Crippen molar-refractivity contribution >= 4 is 34.9 Å². The van der Waals surface area contributed by atoms with Crippen LogP contribution in [0.3, 0.4) is 0 Å². The molecule has 0 spiro atoms. The highest BCUT2D eigenvalue weighted by molar-refractivity contribution is 6.30. The molecular weight excluding hydrogens is 428 g/mol. The van der Waals surface area contributed by atoms with Gasteiger partial charge in [0.25, 0.3) is 5.56 Å². The lowest BCUT2D eigenvalue weighted by molar-refractivity contribution is -0.385. The molecule has 0 fully saturated rings. The number of carbonyl (C=O) groups is 2. The van der Waals surface area contributed by atoms with Crippen molar-refractivity contribution in [3.05, 3.63) is 70.4 Å². The minimum atomic E-state index is -0.946. The van der Waals surface area contributed by atoms with Gasteiger partial charge in [-0.05, 0) is 19.4 Å². The Morgan fingerprint density at radius 3 is 1.97 bits per heavy atom. The summed E-state index contributed by atoms with van der Waals surface area (Å²) in [4.78, 5) is 58.9. The van der Waals surface area contributed by atoms with Crippen molar-refractivity contribution in [3.63, 3.8) is 0 Å². The van der Waals surface area contributed by atoms with E-state index in [9.17, 15) is 34.6 Å². The number of H-pyrrole nitrogens is 1. The van der Waals surface area contributed by atoms with Crippen LogP contribution >= 0.6 is 11.6 Å². The lowest BCUT2D eigenvalue weighted by atomic mass is 10.2. The molecule has 2 aromatic rings. The Morgan fingerprint density at radius 2 is 1.50 bits per heavy atom. The van der Waals surface area contributed by atoms with Crippen LogP contribution in [0.25, 0.3) is 0 Å². The number of rotatable bonds is 4.